The lowest BCUT2D eigenvalue weighted by Crippen LogP contribution is -2.33. The van der Waals surface area contributed by atoms with Crippen molar-refractivity contribution in [3.8, 4) is 11.5 Å². The summed E-state index contributed by atoms with van der Waals surface area (Å²) in [6, 6.07) is 21.8. The largest absolute Gasteiger partial charge is 0.495 e. The van der Waals surface area contributed by atoms with Crippen LogP contribution in [0.2, 0.25) is 5.02 Å². The fourth-order valence-corrected chi connectivity index (χ4v) is 2.91. The Kier molecular flexibility index (Phi) is 7.83. The lowest BCUT2D eigenvalue weighted by atomic mass is 10.1. The first-order chi connectivity index (χ1) is 15.5. The summed E-state index contributed by atoms with van der Waals surface area (Å²) in [5.74, 6) is -0.727. The van der Waals surface area contributed by atoms with Crippen LogP contribution < -0.4 is 20.2 Å². The van der Waals surface area contributed by atoms with Crippen molar-refractivity contribution in [3.63, 3.8) is 0 Å². The molecule has 3 aromatic carbocycles. The molecule has 0 aromatic heterocycles. The van der Waals surface area contributed by atoms with Crippen molar-refractivity contribution < 1.29 is 19.1 Å². The van der Waals surface area contributed by atoms with E-state index in [1.165, 1.54) is 13.2 Å². The predicted octanol–water partition coefficient (Wildman–Crippen LogP) is 4.41. The van der Waals surface area contributed by atoms with Crippen LogP contribution in [0.5, 0.6) is 11.5 Å². The van der Waals surface area contributed by atoms with E-state index in [4.69, 9.17) is 21.1 Å². The number of carbonyl (C=O) groups excluding carboxylic acids is 2. The standard InChI is InChI=1S/C24H22ClN3O4/c1-16(18-8-11-20(12-9-18)32-15-17-6-4-3-5-7-17)27-28-24(30)23(29)26-21-14-19(25)10-13-22(21)31-2/h3-14H,15H2,1-2H3,(H,26,29)(H,28,30)/b27-16+. The Balaban J connectivity index is 1.55. The van der Waals surface area contributed by atoms with Crippen LogP contribution >= 0.6 is 11.6 Å². The van der Waals surface area contributed by atoms with Gasteiger partial charge < -0.3 is 14.8 Å². The SMILES string of the molecule is COc1ccc(Cl)cc1NC(=O)C(=O)N/N=C(\C)c1ccc(OCc2ccccc2)cc1. The van der Waals surface area contributed by atoms with Crippen molar-refractivity contribution in [2.24, 2.45) is 5.10 Å². The van der Waals surface area contributed by atoms with E-state index in [-0.39, 0.29) is 5.69 Å². The highest BCUT2D eigenvalue weighted by Gasteiger charge is 2.16. The minimum absolute atomic E-state index is 0.284. The lowest BCUT2D eigenvalue weighted by molar-refractivity contribution is -0.136. The van der Waals surface area contributed by atoms with Crippen molar-refractivity contribution in [2.75, 3.05) is 12.4 Å². The van der Waals surface area contributed by atoms with E-state index in [2.05, 4.69) is 15.8 Å². The number of nitrogens with one attached hydrogen (secondary N) is 2. The van der Waals surface area contributed by atoms with Gasteiger partial charge in [-0.2, -0.15) is 5.10 Å². The molecule has 7 nitrogen and oxygen atoms in total. The van der Waals surface area contributed by atoms with Crippen LogP contribution in [0.1, 0.15) is 18.1 Å². The lowest BCUT2D eigenvalue weighted by Gasteiger charge is -2.10. The van der Waals surface area contributed by atoms with Crippen LogP contribution in [0.25, 0.3) is 0 Å². The summed E-state index contributed by atoms with van der Waals surface area (Å²) < 4.78 is 10.9. The number of rotatable bonds is 7. The van der Waals surface area contributed by atoms with E-state index in [1.54, 1.807) is 19.1 Å². The summed E-state index contributed by atoms with van der Waals surface area (Å²) in [5, 5.41) is 6.85. The Morgan fingerprint density at radius 1 is 0.969 bits per heavy atom. The van der Waals surface area contributed by atoms with E-state index in [9.17, 15) is 9.59 Å². The molecule has 2 N–H and O–H groups in total. The van der Waals surface area contributed by atoms with Crippen molar-refractivity contribution in [1.29, 1.82) is 0 Å². The fourth-order valence-electron chi connectivity index (χ4n) is 2.74. The number of anilines is 1. The van der Waals surface area contributed by atoms with Crippen LogP contribution in [0.3, 0.4) is 0 Å². The Morgan fingerprint density at radius 3 is 2.38 bits per heavy atom. The number of benzene rings is 3. The zero-order chi connectivity index (χ0) is 22.9. The van der Waals surface area contributed by atoms with Gasteiger partial charge >= 0.3 is 11.8 Å². The van der Waals surface area contributed by atoms with E-state index in [0.29, 0.717) is 28.8 Å². The maximum atomic E-state index is 12.2. The molecule has 2 amide bonds. The van der Waals surface area contributed by atoms with Gasteiger partial charge in [0, 0.05) is 5.02 Å². The summed E-state index contributed by atoms with van der Waals surface area (Å²) in [7, 11) is 1.45. The van der Waals surface area contributed by atoms with E-state index in [1.807, 2.05) is 54.6 Å². The molecule has 0 bridgehead atoms. The van der Waals surface area contributed by atoms with Gasteiger partial charge in [0.05, 0.1) is 18.5 Å². The van der Waals surface area contributed by atoms with Gasteiger partial charge in [0.1, 0.15) is 18.1 Å². The molecule has 0 atom stereocenters. The van der Waals surface area contributed by atoms with E-state index >= 15 is 0 Å². The Morgan fingerprint density at radius 2 is 1.69 bits per heavy atom. The smallest absolute Gasteiger partial charge is 0.329 e. The molecule has 0 saturated heterocycles. The third kappa shape index (κ3) is 6.33. The van der Waals surface area contributed by atoms with Gasteiger partial charge in [0.15, 0.2) is 0 Å². The molecule has 0 aliphatic carbocycles. The number of nitrogens with zero attached hydrogens (tertiary/aromatic N) is 1. The quantitative estimate of drug-likeness (QED) is 0.316. The topological polar surface area (TPSA) is 89.0 Å². The van der Waals surface area contributed by atoms with Crippen LogP contribution in [-0.2, 0) is 16.2 Å². The van der Waals surface area contributed by atoms with E-state index < -0.39 is 11.8 Å². The molecule has 0 fully saturated rings. The number of hydrazone groups is 1. The normalized spacial score (nSPS) is 10.9. The van der Waals surface area contributed by atoms with Gasteiger partial charge in [-0.3, -0.25) is 9.59 Å². The van der Waals surface area contributed by atoms with Crippen LogP contribution in [0.15, 0.2) is 77.9 Å². The second-order valence-corrected chi connectivity index (χ2v) is 7.17. The molecule has 0 unspecified atom stereocenters. The summed E-state index contributed by atoms with van der Waals surface area (Å²) >= 11 is 5.93. The second kappa shape index (κ2) is 11.0. The highest BCUT2D eigenvalue weighted by Crippen LogP contribution is 2.27. The molecule has 0 aliphatic heterocycles. The molecule has 8 heteroatoms. The molecule has 3 rings (SSSR count). The zero-order valence-corrected chi connectivity index (χ0v) is 18.3. The Labute approximate surface area is 191 Å². The van der Waals surface area contributed by atoms with Crippen LogP contribution in [-0.4, -0.2) is 24.6 Å². The highest BCUT2D eigenvalue weighted by molar-refractivity contribution is 6.40. The van der Waals surface area contributed by atoms with E-state index in [0.717, 1.165) is 11.1 Å². The van der Waals surface area contributed by atoms with Crippen molar-refractivity contribution in [2.45, 2.75) is 13.5 Å². The maximum absolute atomic E-state index is 12.2. The molecular weight excluding hydrogens is 430 g/mol. The first-order valence-electron chi connectivity index (χ1n) is 9.72. The first-order valence-corrected chi connectivity index (χ1v) is 10.1. The van der Waals surface area contributed by atoms with Crippen molar-refractivity contribution in [3.05, 3.63) is 88.9 Å². The monoisotopic (exact) mass is 451 g/mol. The van der Waals surface area contributed by atoms with Gasteiger partial charge in [0.2, 0.25) is 0 Å². The average Bonchev–Trinajstić information content (AvgIpc) is 2.82. The Bertz CT molecular complexity index is 1120. The number of carbonyl (C=O) groups is 2. The number of amides is 2. The van der Waals surface area contributed by atoms with Gasteiger partial charge in [-0.1, -0.05) is 41.9 Å². The number of methoxy groups -OCH3 is 1. The predicted molar refractivity (Wildman–Crippen MR) is 124 cm³/mol. The number of halogens is 1. The van der Waals surface area contributed by atoms with Crippen molar-refractivity contribution in [1.82, 2.24) is 5.43 Å². The summed E-state index contributed by atoms with van der Waals surface area (Å²) in [6.45, 7) is 2.19. The second-order valence-electron chi connectivity index (χ2n) is 6.74. The van der Waals surface area contributed by atoms with Crippen molar-refractivity contribution >= 4 is 34.8 Å². The zero-order valence-electron chi connectivity index (χ0n) is 17.6. The third-order valence-corrected chi connectivity index (χ3v) is 4.70. The molecule has 0 heterocycles. The number of hydrogen-bond acceptors (Lipinski definition) is 5. The molecule has 0 spiro atoms. The molecule has 0 radical (unpaired) electrons. The van der Waals surface area contributed by atoms with Gasteiger partial charge in [-0.05, 0) is 60.5 Å². The average molecular weight is 452 g/mol. The minimum atomic E-state index is -0.922. The molecule has 3 aromatic rings. The van der Waals surface area contributed by atoms with Gasteiger partial charge in [-0.25, -0.2) is 5.43 Å². The third-order valence-electron chi connectivity index (χ3n) is 4.46. The molecule has 32 heavy (non-hydrogen) atoms. The summed E-state index contributed by atoms with van der Waals surface area (Å²) in [5.41, 5.74) is 4.91. The first kappa shape index (κ1) is 22.8. The fraction of sp³-hybridized carbons (Fsp3) is 0.125. The number of hydrogen-bond donors (Lipinski definition) is 2. The molecule has 0 aliphatic rings. The van der Waals surface area contributed by atoms with Crippen LogP contribution in [0.4, 0.5) is 5.69 Å². The highest BCUT2D eigenvalue weighted by atomic mass is 35.5. The van der Waals surface area contributed by atoms with Gasteiger partial charge in [-0.15, -0.1) is 0 Å². The molecular formula is C24H22ClN3O4. The number of ether oxygens (including phenoxy) is 2. The van der Waals surface area contributed by atoms with Crippen LogP contribution in [0, 0.1) is 0 Å². The van der Waals surface area contributed by atoms with Gasteiger partial charge in [0.25, 0.3) is 0 Å². The molecule has 164 valence electrons. The minimum Gasteiger partial charge on any atom is -0.495 e. The summed E-state index contributed by atoms with van der Waals surface area (Å²) in [4.78, 5) is 24.3. The Hall–Kier alpha value is -3.84. The molecule has 0 saturated carbocycles. The summed E-state index contributed by atoms with van der Waals surface area (Å²) in [6.07, 6.45) is 0. The maximum Gasteiger partial charge on any atom is 0.329 e.